The molecule has 0 aromatic rings. The molecule has 0 aliphatic rings. The minimum Gasteiger partial charge on any atom is -0.772 e. The quantitative estimate of drug-likeness (QED) is 0.242. The van der Waals surface area contributed by atoms with Crippen molar-refractivity contribution in [1.29, 1.82) is 0 Å². The average Bonchev–Trinajstić information content (AvgIpc) is 1.61. The van der Waals surface area contributed by atoms with Crippen molar-refractivity contribution in [3.8, 4) is 0 Å². The van der Waals surface area contributed by atoms with Gasteiger partial charge >= 0.3 is 29.6 Å². The second-order valence-corrected chi connectivity index (χ2v) is 1.98. The van der Waals surface area contributed by atoms with E-state index in [9.17, 15) is 8.76 Å². The normalized spacial score (nSPS) is 13.2. The van der Waals surface area contributed by atoms with Crippen LogP contribution >= 0.6 is 0 Å². The van der Waals surface area contributed by atoms with Crippen molar-refractivity contribution >= 4 is 11.1 Å². The van der Waals surface area contributed by atoms with Gasteiger partial charge in [0.15, 0.2) is 0 Å². The summed E-state index contributed by atoms with van der Waals surface area (Å²) in [6, 6.07) is 0. The van der Waals surface area contributed by atoms with Crippen molar-refractivity contribution in [2.75, 3.05) is 5.75 Å². The Bertz CT molecular complexity index is 92.0. The van der Waals surface area contributed by atoms with E-state index in [1.165, 1.54) is 0 Å². The van der Waals surface area contributed by atoms with Crippen LogP contribution in [0.2, 0.25) is 0 Å². The number of rotatable bonds is 2. The van der Waals surface area contributed by atoms with Crippen LogP contribution in [0.1, 0.15) is 6.92 Å². The molecule has 42 valence electrons. The fourth-order valence-electron chi connectivity index (χ4n) is 0.175. The summed E-state index contributed by atoms with van der Waals surface area (Å²) < 4.78 is 19.4. The molecule has 1 unspecified atom stereocenters. The molecule has 0 fully saturated rings. The summed E-state index contributed by atoms with van der Waals surface area (Å²) >= 11 is -1.90. The van der Waals surface area contributed by atoms with Gasteiger partial charge in [-0.05, 0) is 6.92 Å². The first-order valence-corrected chi connectivity index (χ1v) is 3.18. The van der Waals surface area contributed by atoms with E-state index in [0.29, 0.717) is 0 Å². The predicted octanol–water partition coefficient (Wildman–Crippen LogP) is -2.55. The van der Waals surface area contributed by atoms with Gasteiger partial charge in [-0.1, -0.05) is 23.2 Å². The molecule has 0 bridgehead atoms. The molecule has 0 aliphatic carbocycles. The van der Waals surface area contributed by atoms with E-state index in [1.54, 1.807) is 19.1 Å². The van der Waals surface area contributed by atoms with Crippen LogP contribution in [-0.2, 0) is 11.1 Å². The van der Waals surface area contributed by atoms with Crippen molar-refractivity contribution in [3.63, 3.8) is 0 Å². The molecule has 0 radical (unpaired) electrons. The molecule has 2 nitrogen and oxygen atoms in total. The van der Waals surface area contributed by atoms with Gasteiger partial charge in [0.1, 0.15) is 0 Å². The van der Waals surface area contributed by atoms with Crippen LogP contribution in [0.4, 0.5) is 0 Å². The molecule has 0 N–H and O–H groups in total. The minimum atomic E-state index is -1.90. The third kappa shape index (κ3) is 9.97. The van der Waals surface area contributed by atoms with Crippen molar-refractivity contribution in [2.24, 2.45) is 0 Å². The Morgan fingerprint density at radius 3 is 2.38 bits per heavy atom. The maximum atomic E-state index is 9.71. The first-order valence-electron chi connectivity index (χ1n) is 1.94. The standard InChI is InChI=1S/C4H8O2S.Na/c1-2-3-4-7(5)6;/h2-3H,4H2,1H3,(H,5,6);/q;+1/p-1/b3-2+;. The number of hydrogen-bond donors (Lipinski definition) is 0. The van der Waals surface area contributed by atoms with Crippen LogP contribution in [0.5, 0.6) is 0 Å². The summed E-state index contributed by atoms with van der Waals surface area (Å²) in [6.45, 7) is 1.78. The summed E-state index contributed by atoms with van der Waals surface area (Å²) in [6.07, 6.45) is 3.29. The molecule has 1 atom stereocenters. The van der Waals surface area contributed by atoms with Gasteiger partial charge in [-0.25, -0.2) is 0 Å². The van der Waals surface area contributed by atoms with E-state index in [1.807, 2.05) is 0 Å². The van der Waals surface area contributed by atoms with Gasteiger partial charge in [-0.2, -0.15) is 0 Å². The fourth-order valence-corrected chi connectivity index (χ4v) is 0.524. The molecule has 0 saturated heterocycles. The molecule has 0 aromatic carbocycles. The van der Waals surface area contributed by atoms with Gasteiger partial charge < -0.3 is 4.55 Å². The molecule has 0 saturated carbocycles. The van der Waals surface area contributed by atoms with Crippen LogP contribution in [0.3, 0.4) is 0 Å². The fraction of sp³-hybridized carbons (Fsp3) is 0.500. The van der Waals surface area contributed by atoms with Crippen molar-refractivity contribution in [1.82, 2.24) is 0 Å². The van der Waals surface area contributed by atoms with Gasteiger partial charge in [-0.15, -0.1) is 0 Å². The Balaban J connectivity index is 0. The molecular weight excluding hydrogens is 135 g/mol. The maximum absolute atomic E-state index is 9.71. The first kappa shape index (κ1) is 11.6. The molecule has 0 heterocycles. The monoisotopic (exact) mass is 142 g/mol. The zero-order valence-electron chi connectivity index (χ0n) is 5.09. The Morgan fingerprint density at radius 2 is 2.25 bits per heavy atom. The topological polar surface area (TPSA) is 40.1 Å². The molecule has 0 rings (SSSR count). The molecule has 0 aromatic heterocycles. The SMILES string of the molecule is C/C=C/CS(=O)[O-].[Na+]. The Morgan fingerprint density at radius 1 is 1.75 bits per heavy atom. The largest absolute Gasteiger partial charge is 1.00 e. The molecular formula is C4H7NaO2S. The van der Waals surface area contributed by atoms with Crippen LogP contribution in [-0.4, -0.2) is 14.5 Å². The van der Waals surface area contributed by atoms with E-state index < -0.39 is 11.1 Å². The van der Waals surface area contributed by atoms with Crippen LogP contribution in [0, 0.1) is 0 Å². The maximum Gasteiger partial charge on any atom is 1.00 e. The second kappa shape index (κ2) is 7.85. The molecule has 0 spiro atoms. The van der Waals surface area contributed by atoms with Crippen LogP contribution < -0.4 is 29.6 Å². The number of allylic oxidation sites excluding steroid dienone is 1. The molecule has 4 heteroatoms. The smallest absolute Gasteiger partial charge is 0.772 e. The zero-order valence-corrected chi connectivity index (χ0v) is 7.90. The van der Waals surface area contributed by atoms with E-state index in [4.69, 9.17) is 0 Å². The van der Waals surface area contributed by atoms with Gasteiger partial charge in [0.2, 0.25) is 0 Å². The third-order valence-electron chi connectivity index (χ3n) is 0.468. The molecule has 0 amide bonds. The van der Waals surface area contributed by atoms with Gasteiger partial charge in [-0.3, -0.25) is 4.21 Å². The summed E-state index contributed by atoms with van der Waals surface area (Å²) in [5, 5.41) is 0. The van der Waals surface area contributed by atoms with Gasteiger partial charge in [0.05, 0.1) is 0 Å². The number of hydrogen-bond acceptors (Lipinski definition) is 2. The second-order valence-electron chi connectivity index (χ2n) is 1.04. The van der Waals surface area contributed by atoms with Crippen LogP contribution in [0.15, 0.2) is 12.2 Å². The van der Waals surface area contributed by atoms with Crippen molar-refractivity contribution in [2.45, 2.75) is 6.92 Å². The molecule has 8 heavy (non-hydrogen) atoms. The zero-order chi connectivity index (χ0) is 5.70. The predicted molar refractivity (Wildman–Crippen MR) is 28.6 cm³/mol. The third-order valence-corrected chi connectivity index (χ3v) is 0.933. The summed E-state index contributed by atoms with van der Waals surface area (Å²) in [4.78, 5) is 0. The summed E-state index contributed by atoms with van der Waals surface area (Å²) in [7, 11) is 0. The van der Waals surface area contributed by atoms with E-state index in [2.05, 4.69) is 0 Å². The molecule has 0 aliphatic heterocycles. The van der Waals surface area contributed by atoms with E-state index in [-0.39, 0.29) is 35.3 Å². The Hall–Kier alpha value is 0.850. The minimum absolute atomic E-state index is 0. The summed E-state index contributed by atoms with van der Waals surface area (Å²) in [5.41, 5.74) is 0. The van der Waals surface area contributed by atoms with E-state index in [0.717, 1.165) is 0 Å². The average molecular weight is 142 g/mol. The first-order chi connectivity index (χ1) is 3.27. The van der Waals surface area contributed by atoms with E-state index >= 15 is 0 Å². The van der Waals surface area contributed by atoms with Crippen molar-refractivity contribution < 1.29 is 38.3 Å². The van der Waals surface area contributed by atoms with Crippen molar-refractivity contribution in [3.05, 3.63) is 12.2 Å². The van der Waals surface area contributed by atoms with Crippen LogP contribution in [0.25, 0.3) is 0 Å². The Labute approximate surface area is 73.9 Å². The Kier molecular flexibility index (Phi) is 11.4. The van der Waals surface area contributed by atoms with Gasteiger partial charge in [0, 0.05) is 5.75 Å². The van der Waals surface area contributed by atoms with Gasteiger partial charge in [0.25, 0.3) is 0 Å². The summed E-state index contributed by atoms with van der Waals surface area (Å²) in [5.74, 6) is 0.135.